The van der Waals surface area contributed by atoms with Crippen LogP contribution in [0.3, 0.4) is 0 Å². The maximum atomic E-state index is 10.4. The molecule has 1 rings (SSSR count). The summed E-state index contributed by atoms with van der Waals surface area (Å²) in [7, 11) is 0. The van der Waals surface area contributed by atoms with Gasteiger partial charge in [-0.3, -0.25) is 4.79 Å². The summed E-state index contributed by atoms with van der Waals surface area (Å²) in [6.07, 6.45) is 0. The number of nitrogens with zero attached hydrogens (tertiary/aromatic N) is 2. The SMILES string of the molecule is NC(=O)CNc1cc(Cl)nnc1Cl. The van der Waals surface area contributed by atoms with E-state index in [1.54, 1.807) is 0 Å². The zero-order valence-electron chi connectivity index (χ0n) is 6.42. The molecular formula is C6H6Cl2N4O. The minimum atomic E-state index is -0.496. The third kappa shape index (κ3) is 3.04. The van der Waals surface area contributed by atoms with Gasteiger partial charge in [-0.2, -0.15) is 0 Å². The normalized spacial score (nSPS) is 9.69. The molecule has 5 nitrogen and oxygen atoms in total. The first-order valence-corrected chi connectivity index (χ1v) is 4.06. The van der Waals surface area contributed by atoms with Gasteiger partial charge in [0, 0.05) is 6.07 Å². The highest BCUT2D eigenvalue weighted by molar-refractivity contribution is 6.33. The molecule has 0 aliphatic heterocycles. The van der Waals surface area contributed by atoms with Gasteiger partial charge in [0.25, 0.3) is 0 Å². The van der Waals surface area contributed by atoms with E-state index in [1.165, 1.54) is 6.07 Å². The average Bonchev–Trinajstić information content (AvgIpc) is 2.06. The Bertz CT molecular complexity index is 330. The molecule has 0 unspecified atom stereocenters. The van der Waals surface area contributed by atoms with E-state index in [1.807, 2.05) is 0 Å². The van der Waals surface area contributed by atoms with Crippen LogP contribution in [0, 0.1) is 0 Å². The number of anilines is 1. The third-order valence-corrected chi connectivity index (χ3v) is 1.64. The van der Waals surface area contributed by atoms with Crippen molar-refractivity contribution < 1.29 is 4.79 Å². The molecule has 1 aromatic rings. The lowest BCUT2D eigenvalue weighted by Gasteiger charge is -2.04. The van der Waals surface area contributed by atoms with Gasteiger partial charge in [-0.25, -0.2) is 0 Å². The van der Waals surface area contributed by atoms with Crippen LogP contribution in [0.1, 0.15) is 0 Å². The van der Waals surface area contributed by atoms with Crippen molar-refractivity contribution in [1.82, 2.24) is 10.2 Å². The molecule has 0 saturated heterocycles. The monoisotopic (exact) mass is 220 g/mol. The number of hydrogen-bond acceptors (Lipinski definition) is 4. The van der Waals surface area contributed by atoms with Crippen molar-refractivity contribution in [2.75, 3.05) is 11.9 Å². The fourth-order valence-corrected chi connectivity index (χ4v) is 0.965. The summed E-state index contributed by atoms with van der Waals surface area (Å²) in [5.41, 5.74) is 5.35. The number of aromatic nitrogens is 2. The van der Waals surface area contributed by atoms with Crippen LogP contribution in [-0.4, -0.2) is 22.6 Å². The lowest BCUT2D eigenvalue weighted by Crippen LogP contribution is -2.22. The molecule has 3 N–H and O–H groups in total. The smallest absolute Gasteiger partial charge is 0.236 e. The minimum Gasteiger partial charge on any atom is -0.374 e. The summed E-state index contributed by atoms with van der Waals surface area (Å²) in [4.78, 5) is 10.4. The maximum absolute atomic E-state index is 10.4. The third-order valence-electron chi connectivity index (χ3n) is 1.17. The molecule has 0 saturated carbocycles. The van der Waals surface area contributed by atoms with E-state index in [-0.39, 0.29) is 16.9 Å². The lowest BCUT2D eigenvalue weighted by molar-refractivity contribution is -0.116. The van der Waals surface area contributed by atoms with E-state index >= 15 is 0 Å². The highest BCUT2D eigenvalue weighted by Gasteiger charge is 2.03. The van der Waals surface area contributed by atoms with Crippen LogP contribution in [0.5, 0.6) is 0 Å². The maximum Gasteiger partial charge on any atom is 0.236 e. The second-order valence-electron chi connectivity index (χ2n) is 2.19. The van der Waals surface area contributed by atoms with Gasteiger partial charge in [-0.15, -0.1) is 10.2 Å². The molecule has 0 aromatic carbocycles. The molecule has 0 spiro atoms. The number of amides is 1. The van der Waals surface area contributed by atoms with Crippen molar-refractivity contribution in [2.45, 2.75) is 0 Å². The molecule has 1 aromatic heterocycles. The highest BCUT2D eigenvalue weighted by atomic mass is 35.5. The quantitative estimate of drug-likeness (QED) is 0.786. The number of carbonyl (C=O) groups is 1. The summed E-state index contributed by atoms with van der Waals surface area (Å²) in [6, 6.07) is 1.46. The minimum absolute atomic E-state index is 0.0260. The molecule has 1 amide bonds. The van der Waals surface area contributed by atoms with Gasteiger partial charge in [0.15, 0.2) is 10.3 Å². The number of halogens is 2. The molecule has 1 heterocycles. The predicted molar refractivity (Wildman–Crippen MR) is 49.7 cm³/mol. The van der Waals surface area contributed by atoms with Crippen molar-refractivity contribution in [3.05, 3.63) is 16.4 Å². The lowest BCUT2D eigenvalue weighted by atomic mass is 10.4. The van der Waals surface area contributed by atoms with Crippen molar-refractivity contribution in [1.29, 1.82) is 0 Å². The molecule has 13 heavy (non-hydrogen) atoms. The molecule has 0 aliphatic carbocycles. The Hall–Kier alpha value is -1.07. The summed E-state index contributed by atoms with van der Waals surface area (Å²) in [5, 5.41) is 10.0. The van der Waals surface area contributed by atoms with Crippen LogP contribution in [0.15, 0.2) is 6.07 Å². The molecule has 0 bridgehead atoms. The molecule has 7 heteroatoms. The van der Waals surface area contributed by atoms with Crippen LogP contribution in [0.4, 0.5) is 5.69 Å². The molecule has 70 valence electrons. The van der Waals surface area contributed by atoms with E-state index in [9.17, 15) is 4.79 Å². The number of rotatable bonds is 3. The van der Waals surface area contributed by atoms with Crippen LogP contribution in [0.2, 0.25) is 10.3 Å². The topological polar surface area (TPSA) is 80.9 Å². The van der Waals surface area contributed by atoms with Gasteiger partial charge in [-0.05, 0) is 0 Å². The first-order valence-electron chi connectivity index (χ1n) is 3.30. The Morgan fingerprint density at radius 1 is 1.54 bits per heavy atom. The van der Waals surface area contributed by atoms with E-state index in [0.29, 0.717) is 5.69 Å². The zero-order chi connectivity index (χ0) is 9.84. The fourth-order valence-electron chi connectivity index (χ4n) is 0.659. The van der Waals surface area contributed by atoms with E-state index in [2.05, 4.69) is 15.5 Å². The molecule has 0 atom stereocenters. The highest BCUT2D eigenvalue weighted by Crippen LogP contribution is 2.20. The zero-order valence-corrected chi connectivity index (χ0v) is 7.93. The standard InChI is InChI=1S/C6H6Cl2N4O/c7-4-1-3(6(8)12-11-4)10-2-5(9)13/h1H,2H2,(H2,9,13)(H,10,11). The number of nitrogens with one attached hydrogen (secondary N) is 1. The summed E-state index contributed by atoms with van der Waals surface area (Å²) in [6.45, 7) is -0.0260. The molecular weight excluding hydrogens is 215 g/mol. The Morgan fingerprint density at radius 3 is 2.85 bits per heavy atom. The van der Waals surface area contributed by atoms with Gasteiger partial charge in [0.1, 0.15) is 0 Å². The molecule has 0 radical (unpaired) electrons. The Morgan fingerprint density at radius 2 is 2.23 bits per heavy atom. The Labute approximate surface area is 84.2 Å². The van der Waals surface area contributed by atoms with Gasteiger partial charge < -0.3 is 11.1 Å². The number of primary amides is 1. The molecule has 0 aliphatic rings. The van der Waals surface area contributed by atoms with Gasteiger partial charge in [-0.1, -0.05) is 23.2 Å². The van der Waals surface area contributed by atoms with Crippen molar-refractivity contribution in [3.63, 3.8) is 0 Å². The van der Waals surface area contributed by atoms with Crippen LogP contribution < -0.4 is 11.1 Å². The van der Waals surface area contributed by atoms with E-state index < -0.39 is 5.91 Å². The van der Waals surface area contributed by atoms with Crippen LogP contribution in [-0.2, 0) is 4.79 Å². The number of nitrogens with two attached hydrogens (primary N) is 1. The summed E-state index contributed by atoms with van der Waals surface area (Å²) in [5.74, 6) is -0.496. The predicted octanol–water partition coefficient (Wildman–Crippen LogP) is 0.681. The van der Waals surface area contributed by atoms with E-state index in [0.717, 1.165) is 0 Å². The number of carbonyl (C=O) groups excluding carboxylic acids is 1. The summed E-state index contributed by atoms with van der Waals surface area (Å²) >= 11 is 11.2. The van der Waals surface area contributed by atoms with Gasteiger partial charge in [0.2, 0.25) is 5.91 Å². The fraction of sp³-hybridized carbons (Fsp3) is 0.167. The Balaban J connectivity index is 2.75. The second-order valence-corrected chi connectivity index (χ2v) is 2.94. The first-order chi connectivity index (χ1) is 6.09. The second kappa shape index (κ2) is 4.25. The average molecular weight is 221 g/mol. The first kappa shape index (κ1) is 10.0. The summed E-state index contributed by atoms with van der Waals surface area (Å²) < 4.78 is 0. The number of hydrogen-bond donors (Lipinski definition) is 2. The van der Waals surface area contributed by atoms with Crippen LogP contribution in [0.25, 0.3) is 0 Å². The van der Waals surface area contributed by atoms with Crippen molar-refractivity contribution in [2.24, 2.45) is 5.73 Å². The van der Waals surface area contributed by atoms with E-state index in [4.69, 9.17) is 28.9 Å². The van der Waals surface area contributed by atoms with Gasteiger partial charge in [0.05, 0.1) is 12.2 Å². The van der Waals surface area contributed by atoms with Gasteiger partial charge >= 0.3 is 0 Å². The Kier molecular flexibility index (Phi) is 3.27. The van der Waals surface area contributed by atoms with Crippen LogP contribution >= 0.6 is 23.2 Å². The molecule has 0 fully saturated rings. The van der Waals surface area contributed by atoms with Crippen molar-refractivity contribution in [3.8, 4) is 0 Å². The van der Waals surface area contributed by atoms with Crippen molar-refractivity contribution >= 4 is 34.8 Å². The largest absolute Gasteiger partial charge is 0.374 e.